The SMILES string of the molecule is Cc1cc(OCC(=O)N(Cc2ccc(Cl)c(Cl)c2)[C@@H](C)C(=O)NCC(C)C)cc(C)c1Cl. The molecule has 0 spiro atoms. The first-order valence-corrected chi connectivity index (χ1v) is 11.5. The lowest BCUT2D eigenvalue weighted by molar-refractivity contribution is -0.142. The first kappa shape index (κ1) is 26.3. The third-order valence-corrected chi connectivity index (χ3v) is 6.30. The Morgan fingerprint density at radius 3 is 2.19 bits per heavy atom. The van der Waals surface area contributed by atoms with Crippen molar-refractivity contribution in [2.24, 2.45) is 5.92 Å². The van der Waals surface area contributed by atoms with Crippen LogP contribution in [0.4, 0.5) is 0 Å². The quantitative estimate of drug-likeness (QED) is 0.472. The molecule has 1 atom stereocenters. The van der Waals surface area contributed by atoms with E-state index in [1.54, 1.807) is 37.3 Å². The smallest absolute Gasteiger partial charge is 0.261 e. The van der Waals surface area contributed by atoms with Gasteiger partial charge in [-0.05, 0) is 67.6 Å². The molecular weight excluding hydrogens is 471 g/mol. The second kappa shape index (κ2) is 11.8. The van der Waals surface area contributed by atoms with Gasteiger partial charge in [-0.2, -0.15) is 0 Å². The molecule has 0 aliphatic carbocycles. The number of halogens is 3. The maximum atomic E-state index is 13.1. The zero-order chi connectivity index (χ0) is 24.0. The van der Waals surface area contributed by atoms with E-state index in [0.29, 0.717) is 33.3 Å². The van der Waals surface area contributed by atoms with Crippen LogP contribution in [0, 0.1) is 19.8 Å². The lowest BCUT2D eigenvalue weighted by Gasteiger charge is -2.29. The Morgan fingerprint density at radius 2 is 1.62 bits per heavy atom. The molecule has 0 radical (unpaired) electrons. The highest BCUT2D eigenvalue weighted by Crippen LogP contribution is 2.26. The van der Waals surface area contributed by atoms with Gasteiger partial charge in [0.1, 0.15) is 11.8 Å². The van der Waals surface area contributed by atoms with Gasteiger partial charge >= 0.3 is 0 Å². The lowest BCUT2D eigenvalue weighted by Crippen LogP contribution is -2.49. The molecule has 0 aromatic heterocycles. The van der Waals surface area contributed by atoms with E-state index in [2.05, 4.69) is 5.32 Å². The molecule has 32 heavy (non-hydrogen) atoms. The fourth-order valence-corrected chi connectivity index (χ4v) is 3.52. The Balaban J connectivity index is 2.20. The number of rotatable bonds is 9. The van der Waals surface area contributed by atoms with Gasteiger partial charge in [0.2, 0.25) is 5.91 Å². The molecule has 0 saturated carbocycles. The molecule has 0 unspecified atom stereocenters. The summed E-state index contributed by atoms with van der Waals surface area (Å²) >= 11 is 18.4. The maximum Gasteiger partial charge on any atom is 0.261 e. The number of nitrogens with zero attached hydrogens (tertiary/aromatic N) is 1. The highest BCUT2D eigenvalue weighted by atomic mass is 35.5. The van der Waals surface area contributed by atoms with Crippen LogP contribution in [0.1, 0.15) is 37.5 Å². The third kappa shape index (κ3) is 7.29. The average molecular weight is 500 g/mol. The number of ether oxygens (including phenoxy) is 1. The van der Waals surface area contributed by atoms with Crippen LogP contribution in [0.3, 0.4) is 0 Å². The minimum atomic E-state index is -0.701. The summed E-state index contributed by atoms with van der Waals surface area (Å²) in [4.78, 5) is 27.3. The highest BCUT2D eigenvalue weighted by molar-refractivity contribution is 6.42. The molecule has 0 heterocycles. The van der Waals surface area contributed by atoms with E-state index in [0.717, 1.165) is 16.7 Å². The monoisotopic (exact) mass is 498 g/mol. The highest BCUT2D eigenvalue weighted by Gasteiger charge is 2.27. The minimum absolute atomic E-state index is 0.189. The predicted molar refractivity (Wildman–Crippen MR) is 131 cm³/mol. The summed E-state index contributed by atoms with van der Waals surface area (Å²) in [5, 5.41) is 4.36. The van der Waals surface area contributed by atoms with E-state index in [-0.39, 0.29) is 25.0 Å². The van der Waals surface area contributed by atoms with Crippen molar-refractivity contribution >= 4 is 46.6 Å². The van der Waals surface area contributed by atoms with Gasteiger partial charge in [0, 0.05) is 18.1 Å². The molecule has 0 aliphatic heterocycles. The number of amides is 2. The maximum absolute atomic E-state index is 13.1. The van der Waals surface area contributed by atoms with Crippen molar-refractivity contribution in [1.29, 1.82) is 0 Å². The second-order valence-electron chi connectivity index (χ2n) is 8.24. The summed E-state index contributed by atoms with van der Waals surface area (Å²) in [5.74, 6) is 0.285. The Bertz CT molecular complexity index is 956. The number of hydrogen-bond donors (Lipinski definition) is 1. The standard InChI is InChI=1S/C24H29Cl3N2O3/c1-14(2)11-28-24(31)17(5)29(12-18-6-7-20(25)21(26)10-18)22(30)13-32-19-8-15(3)23(27)16(4)9-19/h6-10,14,17H,11-13H2,1-5H3,(H,28,31)/t17-/m0/s1. The molecule has 2 aromatic carbocycles. The van der Waals surface area contributed by atoms with Crippen molar-refractivity contribution in [2.75, 3.05) is 13.2 Å². The van der Waals surface area contributed by atoms with E-state index >= 15 is 0 Å². The Morgan fingerprint density at radius 1 is 1.00 bits per heavy atom. The molecule has 2 rings (SSSR count). The van der Waals surface area contributed by atoms with Gasteiger partial charge in [0.25, 0.3) is 5.91 Å². The number of benzene rings is 2. The van der Waals surface area contributed by atoms with Crippen LogP contribution in [0.15, 0.2) is 30.3 Å². The third-order valence-electron chi connectivity index (χ3n) is 4.96. The lowest BCUT2D eigenvalue weighted by atomic mass is 10.1. The van der Waals surface area contributed by atoms with Crippen molar-refractivity contribution in [3.05, 3.63) is 62.1 Å². The fraction of sp³-hybridized carbons (Fsp3) is 0.417. The van der Waals surface area contributed by atoms with Crippen molar-refractivity contribution in [3.63, 3.8) is 0 Å². The van der Waals surface area contributed by atoms with Crippen LogP contribution < -0.4 is 10.1 Å². The van der Waals surface area contributed by atoms with Gasteiger partial charge < -0.3 is 15.0 Å². The summed E-state index contributed by atoms with van der Waals surface area (Å²) in [6.45, 7) is 9.96. The van der Waals surface area contributed by atoms with Crippen LogP contribution in [0.2, 0.25) is 15.1 Å². The molecule has 5 nitrogen and oxygen atoms in total. The van der Waals surface area contributed by atoms with Crippen molar-refractivity contribution in [1.82, 2.24) is 10.2 Å². The van der Waals surface area contributed by atoms with Gasteiger partial charge in [-0.1, -0.05) is 54.7 Å². The normalized spacial score (nSPS) is 11.9. The molecule has 0 fully saturated rings. The van der Waals surface area contributed by atoms with E-state index in [1.807, 2.05) is 27.7 Å². The van der Waals surface area contributed by atoms with Gasteiger partial charge in [-0.15, -0.1) is 0 Å². The van der Waals surface area contributed by atoms with E-state index in [9.17, 15) is 9.59 Å². The van der Waals surface area contributed by atoms with E-state index in [4.69, 9.17) is 39.5 Å². The molecule has 174 valence electrons. The number of carbonyl (C=O) groups excluding carboxylic acids is 2. The summed E-state index contributed by atoms with van der Waals surface area (Å²) < 4.78 is 5.75. The number of aryl methyl sites for hydroxylation is 2. The van der Waals surface area contributed by atoms with E-state index < -0.39 is 6.04 Å². The number of hydrogen-bond acceptors (Lipinski definition) is 3. The minimum Gasteiger partial charge on any atom is -0.484 e. The molecule has 1 N–H and O–H groups in total. The zero-order valence-corrected chi connectivity index (χ0v) is 21.2. The average Bonchev–Trinajstić information content (AvgIpc) is 2.74. The van der Waals surface area contributed by atoms with Crippen LogP contribution in [0.25, 0.3) is 0 Å². The second-order valence-corrected chi connectivity index (χ2v) is 9.44. The molecular formula is C24H29Cl3N2O3. The number of carbonyl (C=O) groups is 2. The fourth-order valence-electron chi connectivity index (χ4n) is 3.09. The molecule has 0 aliphatic rings. The summed E-state index contributed by atoms with van der Waals surface area (Å²) in [5.41, 5.74) is 2.49. The van der Waals surface area contributed by atoms with Gasteiger partial charge in [0.15, 0.2) is 6.61 Å². The molecule has 0 saturated heterocycles. The van der Waals surface area contributed by atoms with Gasteiger partial charge in [-0.3, -0.25) is 9.59 Å². The predicted octanol–water partition coefficient (Wildman–Crippen LogP) is 5.83. The van der Waals surface area contributed by atoms with Crippen LogP contribution >= 0.6 is 34.8 Å². The first-order valence-electron chi connectivity index (χ1n) is 10.4. The topological polar surface area (TPSA) is 58.6 Å². The van der Waals surface area contributed by atoms with Crippen LogP contribution in [-0.4, -0.2) is 35.9 Å². The van der Waals surface area contributed by atoms with Crippen molar-refractivity contribution < 1.29 is 14.3 Å². The largest absolute Gasteiger partial charge is 0.484 e. The van der Waals surface area contributed by atoms with E-state index in [1.165, 1.54) is 4.90 Å². The van der Waals surface area contributed by atoms with Gasteiger partial charge in [0.05, 0.1) is 10.0 Å². The molecule has 0 bridgehead atoms. The van der Waals surface area contributed by atoms with Crippen LogP contribution in [-0.2, 0) is 16.1 Å². The summed E-state index contributed by atoms with van der Waals surface area (Å²) in [6, 6.07) is 8.00. The first-order chi connectivity index (χ1) is 15.0. The molecule has 2 amide bonds. The van der Waals surface area contributed by atoms with Crippen molar-refractivity contribution in [3.8, 4) is 5.75 Å². The van der Waals surface area contributed by atoms with Gasteiger partial charge in [-0.25, -0.2) is 0 Å². The van der Waals surface area contributed by atoms with Crippen molar-refractivity contribution in [2.45, 2.75) is 47.2 Å². The zero-order valence-electron chi connectivity index (χ0n) is 19.0. The number of nitrogens with one attached hydrogen (secondary N) is 1. The van der Waals surface area contributed by atoms with Crippen LogP contribution in [0.5, 0.6) is 5.75 Å². The Hall–Kier alpha value is -1.95. The summed E-state index contributed by atoms with van der Waals surface area (Å²) in [6.07, 6.45) is 0. The molecule has 2 aromatic rings. The Labute approximate surface area is 205 Å². The summed E-state index contributed by atoms with van der Waals surface area (Å²) in [7, 11) is 0. The Kier molecular flexibility index (Phi) is 9.68. The molecule has 8 heteroatoms.